The van der Waals surface area contributed by atoms with Gasteiger partial charge in [-0.1, -0.05) is 12.1 Å². The Balaban J connectivity index is 3.09. The fourth-order valence-electron chi connectivity index (χ4n) is 1.08. The van der Waals surface area contributed by atoms with Gasteiger partial charge < -0.3 is 10.5 Å². The highest BCUT2D eigenvalue weighted by atomic mass is 19.3. The first-order valence-electron chi connectivity index (χ1n) is 3.94. The van der Waals surface area contributed by atoms with Crippen LogP contribution >= 0.6 is 0 Å². The molecule has 1 aromatic carbocycles. The van der Waals surface area contributed by atoms with Crippen molar-refractivity contribution >= 4 is 0 Å². The van der Waals surface area contributed by atoms with Crippen molar-refractivity contribution in [3.8, 4) is 5.75 Å². The molecule has 1 rings (SSSR count). The van der Waals surface area contributed by atoms with Crippen LogP contribution in [0.1, 0.15) is 11.6 Å². The molecule has 0 spiro atoms. The van der Waals surface area contributed by atoms with Crippen molar-refractivity contribution in [1.82, 2.24) is 0 Å². The molecule has 0 fully saturated rings. The summed E-state index contributed by atoms with van der Waals surface area (Å²) < 4.78 is 42.4. The number of nitrogens with two attached hydrogens (primary N) is 1. The van der Waals surface area contributed by atoms with Crippen molar-refractivity contribution in [2.45, 2.75) is 12.5 Å². The number of halogens is 3. The van der Waals surface area contributed by atoms with Crippen LogP contribution in [0.4, 0.5) is 13.2 Å². The Hall–Kier alpha value is -1.23. The van der Waals surface area contributed by atoms with Gasteiger partial charge in [-0.25, -0.2) is 13.2 Å². The van der Waals surface area contributed by atoms with Crippen LogP contribution in [-0.4, -0.2) is 13.5 Å². The zero-order chi connectivity index (χ0) is 10.7. The molecule has 1 aromatic rings. The summed E-state index contributed by atoms with van der Waals surface area (Å²) in [5, 5.41) is 0. The Kier molecular flexibility index (Phi) is 3.35. The van der Waals surface area contributed by atoms with Gasteiger partial charge in [0.2, 0.25) is 0 Å². The molecule has 0 aromatic heterocycles. The summed E-state index contributed by atoms with van der Waals surface area (Å²) in [7, 11) is 1.26. The number of benzene rings is 1. The van der Waals surface area contributed by atoms with Gasteiger partial charge in [-0.05, 0) is 6.07 Å². The van der Waals surface area contributed by atoms with Crippen molar-refractivity contribution in [1.29, 1.82) is 0 Å². The number of alkyl halides is 2. The molecule has 0 aliphatic carbocycles. The van der Waals surface area contributed by atoms with Gasteiger partial charge in [0.05, 0.1) is 13.2 Å². The lowest BCUT2D eigenvalue weighted by Gasteiger charge is -2.13. The summed E-state index contributed by atoms with van der Waals surface area (Å²) in [6.45, 7) is 0. The molecule has 0 saturated heterocycles. The minimum atomic E-state index is -2.79. The van der Waals surface area contributed by atoms with Crippen LogP contribution in [0.3, 0.4) is 0 Å². The van der Waals surface area contributed by atoms with E-state index in [1.807, 2.05) is 0 Å². The van der Waals surface area contributed by atoms with Crippen LogP contribution in [0, 0.1) is 5.82 Å². The maximum Gasteiger partial charge on any atom is 0.257 e. The second kappa shape index (κ2) is 4.32. The Labute approximate surface area is 79.5 Å². The molecule has 0 unspecified atom stereocenters. The molecule has 0 radical (unpaired) electrons. The van der Waals surface area contributed by atoms with Gasteiger partial charge in [-0.2, -0.15) is 0 Å². The average molecular weight is 205 g/mol. The first-order valence-corrected chi connectivity index (χ1v) is 3.94. The average Bonchev–Trinajstić information content (AvgIpc) is 2.17. The molecule has 14 heavy (non-hydrogen) atoms. The summed E-state index contributed by atoms with van der Waals surface area (Å²) in [4.78, 5) is 0. The lowest BCUT2D eigenvalue weighted by atomic mass is 10.1. The van der Waals surface area contributed by atoms with E-state index in [4.69, 9.17) is 5.73 Å². The lowest BCUT2D eigenvalue weighted by molar-refractivity contribution is 0.114. The number of rotatable bonds is 3. The zero-order valence-corrected chi connectivity index (χ0v) is 7.51. The summed E-state index contributed by atoms with van der Waals surface area (Å²) in [5.74, 6) is -0.915. The topological polar surface area (TPSA) is 35.2 Å². The van der Waals surface area contributed by atoms with Crippen molar-refractivity contribution < 1.29 is 17.9 Å². The predicted octanol–water partition coefficient (Wildman–Crippen LogP) is 2.10. The summed E-state index contributed by atoms with van der Waals surface area (Å²) in [6, 6.07) is 2.36. The van der Waals surface area contributed by atoms with Crippen LogP contribution in [-0.2, 0) is 0 Å². The highest BCUT2D eigenvalue weighted by Gasteiger charge is 2.22. The number of hydrogen-bond acceptors (Lipinski definition) is 2. The van der Waals surface area contributed by atoms with Gasteiger partial charge in [0.1, 0.15) is 0 Å². The number of methoxy groups -OCH3 is 1. The Bertz CT molecular complexity index is 317. The van der Waals surface area contributed by atoms with E-state index in [1.165, 1.54) is 25.3 Å². The van der Waals surface area contributed by atoms with Crippen LogP contribution in [0.15, 0.2) is 18.2 Å². The third-order valence-corrected chi connectivity index (χ3v) is 1.84. The minimum absolute atomic E-state index is 0.0846. The van der Waals surface area contributed by atoms with Gasteiger partial charge in [0.25, 0.3) is 6.43 Å². The van der Waals surface area contributed by atoms with E-state index in [1.54, 1.807) is 0 Å². The van der Waals surface area contributed by atoms with E-state index in [-0.39, 0.29) is 11.3 Å². The monoisotopic (exact) mass is 205 g/mol. The molecule has 0 heterocycles. The van der Waals surface area contributed by atoms with Crippen LogP contribution in [0.5, 0.6) is 5.75 Å². The van der Waals surface area contributed by atoms with Gasteiger partial charge in [0, 0.05) is 5.56 Å². The SMILES string of the molecule is COc1cccc([C@H](N)C(F)F)c1F. The molecular formula is C9H10F3NO. The van der Waals surface area contributed by atoms with Crippen molar-refractivity contribution in [3.05, 3.63) is 29.6 Å². The number of ether oxygens (including phenoxy) is 1. The first-order chi connectivity index (χ1) is 6.57. The fraction of sp³-hybridized carbons (Fsp3) is 0.333. The number of hydrogen-bond donors (Lipinski definition) is 1. The molecule has 2 nitrogen and oxygen atoms in total. The molecule has 0 bridgehead atoms. The Morgan fingerprint density at radius 2 is 2.00 bits per heavy atom. The normalized spacial score (nSPS) is 13.0. The smallest absolute Gasteiger partial charge is 0.257 e. The van der Waals surface area contributed by atoms with E-state index >= 15 is 0 Å². The van der Waals surface area contributed by atoms with Crippen molar-refractivity contribution in [2.75, 3.05) is 7.11 Å². The molecule has 0 saturated carbocycles. The molecule has 0 aliphatic heterocycles. The predicted molar refractivity (Wildman–Crippen MR) is 45.9 cm³/mol. The molecule has 78 valence electrons. The highest BCUT2D eigenvalue weighted by Crippen LogP contribution is 2.26. The summed E-state index contributed by atoms with van der Waals surface area (Å²) in [5.41, 5.74) is 4.88. The third-order valence-electron chi connectivity index (χ3n) is 1.84. The summed E-state index contributed by atoms with van der Waals surface area (Å²) in [6.07, 6.45) is -2.79. The van der Waals surface area contributed by atoms with Crippen LogP contribution in [0.25, 0.3) is 0 Å². The second-order valence-electron chi connectivity index (χ2n) is 2.72. The molecular weight excluding hydrogens is 195 g/mol. The largest absolute Gasteiger partial charge is 0.494 e. The maximum atomic E-state index is 13.3. The van der Waals surface area contributed by atoms with Crippen LogP contribution in [0.2, 0.25) is 0 Å². The molecule has 1 atom stereocenters. The molecule has 0 amide bonds. The van der Waals surface area contributed by atoms with Gasteiger partial charge >= 0.3 is 0 Å². The fourth-order valence-corrected chi connectivity index (χ4v) is 1.08. The van der Waals surface area contributed by atoms with E-state index in [0.29, 0.717) is 0 Å². The van der Waals surface area contributed by atoms with Gasteiger partial charge in [0.15, 0.2) is 11.6 Å². The standard InChI is InChI=1S/C9H10F3NO/c1-14-6-4-2-3-5(7(6)10)8(13)9(11)12/h2-4,8-9H,13H2,1H3/t8-/m0/s1. The van der Waals surface area contributed by atoms with Crippen LogP contribution < -0.4 is 10.5 Å². The zero-order valence-electron chi connectivity index (χ0n) is 7.51. The van der Waals surface area contributed by atoms with E-state index < -0.39 is 18.3 Å². The molecule has 5 heteroatoms. The lowest BCUT2D eigenvalue weighted by Crippen LogP contribution is -2.20. The Morgan fingerprint density at radius 1 is 1.36 bits per heavy atom. The maximum absolute atomic E-state index is 13.3. The Morgan fingerprint density at radius 3 is 2.50 bits per heavy atom. The van der Waals surface area contributed by atoms with Gasteiger partial charge in [-0.3, -0.25) is 0 Å². The van der Waals surface area contributed by atoms with Gasteiger partial charge in [-0.15, -0.1) is 0 Å². The summed E-state index contributed by atoms with van der Waals surface area (Å²) >= 11 is 0. The molecule has 2 N–H and O–H groups in total. The van der Waals surface area contributed by atoms with E-state index in [9.17, 15) is 13.2 Å². The third kappa shape index (κ3) is 1.98. The van der Waals surface area contributed by atoms with Crippen molar-refractivity contribution in [3.63, 3.8) is 0 Å². The van der Waals surface area contributed by atoms with E-state index in [2.05, 4.69) is 4.74 Å². The minimum Gasteiger partial charge on any atom is -0.494 e. The molecule has 0 aliphatic rings. The highest BCUT2D eigenvalue weighted by molar-refractivity contribution is 5.33. The first kappa shape index (κ1) is 10.8. The quantitative estimate of drug-likeness (QED) is 0.820. The van der Waals surface area contributed by atoms with E-state index in [0.717, 1.165) is 0 Å². The van der Waals surface area contributed by atoms with Crippen molar-refractivity contribution in [2.24, 2.45) is 5.73 Å². The second-order valence-corrected chi connectivity index (χ2v) is 2.72.